The maximum Gasteiger partial charge on any atom is 0.134 e. The van der Waals surface area contributed by atoms with Crippen LogP contribution in [0.4, 0.5) is 4.39 Å². The lowest BCUT2D eigenvalue weighted by Gasteiger charge is -2.07. The van der Waals surface area contributed by atoms with Crippen LogP contribution in [-0.2, 0) is 0 Å². The molecule has 1 aromatic carbocycles. The van der Waals surface area contributed by atoms with E-state index in [0.29, 0.717) is 5.56 Å². The Morgan fingerprint density at radius 2 is 2.00 bits per heavy atom. The largest absolute Gasteiger partial charge is 0.506 e. The lowest BCUT2D eigenvalue weighted by Crippen LogP contribution is -1.92. The van der Waals surface area contributed by atoms with Crippen molar-refractivity contribution in [3.05, 3.63) is 28.5 Å². The highest BCUT2D eigenvalue weighted by molar-refractivity contribution is 6.32. The zero-order valence-electron chi connectivity index (χ0n) is 6.94. The van der Waals surface area contributed by atoms with Crippen molar-refractivity contribution >= 4 is 11.6 Å². The molecule has 0 aliphatic carbocycles. The van der Waals surface area contributed by atoms with Gasteiger partial charge in [0.1, 0.15) is 11.6 Å². The van der Waals surface area contributed by atoms with Crippen LogP contribution in [0.2, 0.25) is 5.02 Å². The van der Waals surface area contributed by atoms with Crippen molar-refractivity contribution in [1.29, 1.82) is 0 Å². The number of halogens is 2. The molecule has 0 saturated carbocycles. The Balaban J connectivity index is 3.23. The summed E-state index contributed by atoms with van der Waals surface area (Å²) in [6, 6.07) is 2.49. The molecule has 0 heterocycles. The molecule has 1 rings (SSSR count). The molecule has 0 aliphatic heterocycles. The minimum Gasteiger partial charge on any atom is -0.506 e. The van der Waals surface area contributed by atoms with E-state index in [-0.39, 0.29) is 22.5 Å². The lowest BCUT2D eigenvalue weighted by molar-refractivity contribution is 0.470. The normalized spacial score (nSPS) is 10.8. The Hall–Kier alpha value is -0.760. The Bertz CT molecular complexity index is 297. The van der Waals surface area contributed by atoms with E-state index in [2.05, 4.69) is 0 Å². The van der Waals surface area contributed by atoms with Gasteiger partial charge in [-0.05, 0) is 23.6 Å². The summed E-state index contributed by atoms with van der Waals surface area (Å²) in [5.41, 5.74) is 0.483. The molecule has 0 amide bonds. The van der Waals surface area contributed by atoms with Crippen molar-refractivity contribution in [2.75, 3.05) is 0 Å². The third-order valence-corrected chi connectivity index (χ3v) is 1.99. The number of rotatable bonds is 1. The molecule has 0 fully saturated rings. The van der Waals surface area contributed by atoms with Gasteiger partial charge < -0.3 is 5.11 Å². The molecule has 1 aromatic rings. The number of hydrogen-bond donors (Lipinski definition) is 1. The van der Waals surface area contributed by atoms with Crippen LogP contribution in [0.15, 0.2) is 12.1 Å². The van der Waals surface area contributed by atoms with Gasteiger partial charge in [-0.1, -0.05) is 25.4 Å². The van der Waals surface area contributed by atoms with Crippen LogP contribution in [0.25, 0.3) is 0 Å². The predicted molar refractivity (Wildman–Crippen MR) is 47.2 cm³/mol. The first-order chi connectivity index (χ1) is 5.52. The number of phenolic OH excluding ortho intramolecular Hbond substituents is 1. The van der Waals surface area contributed by atoms with Crippen LogP contribution >= 0.6 is 11.6 Å². The quantitative estimate of drug-likeness (QED) is 0.717. The second kappa shape index (κ2) is 3.31. The SMILES string of the molecule is CC(C)c1cc(O)c(Cl)cc1F. The smallest absolute Gasteiger partial charge is 0.134 e. The summed E-state index contributed by atoms with van der Waals surface area (Å²) in [6.45, 7) is 3.71. The Kier molecular flexibility index (Phi) is 2.58. The molecule has 0 aromatic heterocycles. The van der Waals surface area contributed by atoms with Crippen LogP contribution in [0.5, 0.6) is 5.75 Å². The molecule has 0 spiro atoms. The van der Waals surface area contributed by atoms with E-state index in [9.17, 15) is 9.50 Å². The van der Waals surface area contributed by atoms with E-state index >= 15 is 0 Å². The molecule has 0 radical (unpaired) electrons. The Morgan fingerprint density at radius 1 is 1.42 bits per heavy atom. The zero-order chi connectivity index (χ0) is 9.30. The third-order valence-electron chi connectivity index (χ3n) is 1.69. The van der Waals surface area contributed by atoms with Gasteiger partial charge in [-0.25, -0.2) is 4.39 Å². The van der Waals surface area contributed by atoms with Crippen molar-refractivity contribution in [2.24, 2.45) is 0 Å². The van der Waals surface area contributed by atoms with Gasteiger partial charge in [0.15, 0.2) is 0 Å². The van der Waals surface area contributed by atoms with Crippen molar-refractivity contribution in [3.63, 3.8) is 0 Å². The summed E-state index contributed by atoms with van der Waals surface area (Å²) in [4.78, 5) is 0. The summed E-state index contributed by atoms with van der Waals surface area (Å²) in [7, 11) is 0. The molecule has 0 aliphatic rings. The average molecular weight is 189 g/mol. The standard InChI is InChI=1S/C9H10ClFO/c1-5(2)6-3-9(12)7(10)4-8(6)11/h3-5,12H,1-2H3. The topological polar surface area (TPSA) is 20.2 Å². The first kappa shape index (κ1) is 9.33. The fourth-order valence-electron chi connectivity index (χ4n) is 0.996. The zero-order valence-corrected chi connectivity index (χ0v) is 7.69. The molecule has 0 atom stereocenters. The Labute approximate surface area is 75.8 Å². The second-order valence-corrected chi connectivity index (χ2v) is 3.39. The molecule has 0 unspecified atom stereocenters. The monoisotopic (exact) mass is 188 g/mol. The summed E-state index contributed by atoms with van der Waals surface area (Å²) >= 11 is 5.50. The van der Waals surface area contributed by atoms with Crippen LogP contribution in [-0.4, -0.2) is 5.11 Å². The molecule has 0 bridgehead atoms. The Morgan fingerprint density at radius 3 is 2.50 bits per heavy atom. The molecule has 1 nitrogen and oxygen atoms in total. The van der Waals surface area contributed by atoms with Crippen molar-refractivity contribution in [3.8, 4) is 5.75 Å². The van der Waals surface area contributed by atoms with E-state index in [1.54, 1.807) is 0 Å². The predicted octanol–water partition coefficient (Wildman–Crippen LogP) is 3.31. The fourth-order valence-corrected chi connectivity index (χ4v) is 1.15. The van der Waals surface area contributed by atoms with Gasteiger partial charge in [0.05, 0.1) is 5.02 Å². The minimum absolute atomic E-state index is 0.0492. The van der Waals surface area contributed by atoms with Crippen LogP contribution in [0.1, 0.15) is 25.3 Å². The molecular formula is C9H10ClFO. The van der Waals surface area contributed by atoms with E-state index in [1.165, 1.54) is 6.07 Å². The first-order valence-electron chi connectivity index (χ1n) is 3.70. The number of hydrogen-bond acceptors (Lipinski definition) is 1. The number of phenols is 1. The highest BCUT2D eigenvalue weighted by atomic mass is 35.5. The molecule has 0 saturated heterocycles. The summed E-state index contributed by atoms with van der Waals surface area (Å²) in [5.74, 6) is -0.386. The van der Waals surface area contributed by atoms with Gasteiger partial charge in [-0.15, -0.1) is 0 Å². The molecular weight excluding hydrogens is 179 g/mol. The van der Waals surface area contributed by atoms with Crippen molar-refractivity contribution in [2.45, 2.75) is 19.8 Å². The van der Waals surface area contributed by atoms with Crippen LogP contribution in [0.3, 0.4) is 0 Å². The van der Waals surface area contributed by atoms with Gasteiger partial charge in [0.2, 0.25) is 0 Å². The van der Waals surface area contributed by atoms with Crippen molar-refractivity contribution < 1.29 is 9.50 Å². The van der Waals surface area contributed by atoms with E-state index in [1.807, 2.05) is 13.8 Å². The van der Waals surface area contributed by atoms with E-state index in [0.717, 1.165) is 6.07 Å². The highest BCUT2D eigenvalue weighted by Crippen LogP contribution is 2.29. The van der Waals surface area contributed by atoms with E-state index in [4.69, 9.17) is 11.6 Å². The summed E-state index contributed by atoms with van der Waals surface area (Å²) in [6.07, 6.45) is 0. The lowest BCUT2D eigenvalue weighted by atomic mass is 10.0. The summed E-state index contributed by atoms with van der Waals surface area (Å²) < 4.78 is 13.1. The highest BCUT2D eigenvalue weighted by Gasteiger charge is 2.10. The fraction of sp³-hybridized carbons (Fsp3) is 0.333. The van der Waals surface area contributed by atoms with Crippen molar-refractivity contribution in [1.82, 2.24) is 0 Å². The molecule has 3 heteroatoms. The maximum atomic E-state index is 13.1. The molecule has 12 heavy (non-hydrogen) atoms. The van der Waals surface area contributed by atoms with Crippen LogP contribution < -0.4 is 0 Å². The van der Waals surface area contributed by atoms with Crippen LogP contribution in [0, 0.1) is 5.82 Å². The number of benzene rings is 1. The van der Waals surface area contributed by atoms with E-state index < -0.39 is 0 Å². The van der Waals surface area contributed by atoms with Gasteiger partial charge >= 0.3 is 0 Å². The van der Waals surface area contributed by atoms with Gasteiger partial charge in [-0.2, -0.15) is 0 Å². The van der Waals surface area contributed by atoms with Gasteiger partial charge in [0.25, 0.3) is 0 Å². The average Bonchev–Trinajstić information content (AvgIpc) is 1.96. The second-order valence-electron chi connectivity index (χ2n) is 2.98. The summed E-state index contributed by atoms with van der Waals surface area (Å²) in [5, 5.41) is 9.23. The number of aromatic hydroxyl groups is 1. The first-order valence-corrected chi connectivity index (χ1v) is 4.08. The minimum atomic E-state index is -0.368. The van der Waals surface area contributed by atoms with Gasteiger partial charge in [-0.3, -0.25) is 0 Å². The van der Waals surface area contributed by atoms with Gasteiger partial charge in [0, 0.05) is 0 Å². The maximum absolute atomic E-state index is 13.1. The molecule has 1 N–H and O–H groups in total. The third kappa shape index (κ3) is 1.69. The molecule has 66 valence electrons.